The number of anilines is 1. The standard InChI is InChI=1S/C27H32N8O2S/c1-5-13-35-26-22(17(4)32-24(34-26)21-16(3)30-15-31-23(21)19-9-10-19)33-25(27(35)36)29-14-18-7-11-20(12-8-18)38(28,37)6-2/h7-8,11-12,15,19,28H,5-6,9-10,13-14H2,1-4H3,(H,29,33). The highest BCUT2D eigenvalue weighted by molar-refractivity contribution is 7.92. The minimum atomic E-state index is -2.77. The van der Waals surface area contributed by atoms with E-state index in [4.69, 9.17) is 14.7 Å². The number of nitrogens with one attached hydrogen (secondary N) is 2. The second-order valence-electron chi connectivity index (χ2n) is 9.68. The van der Waals surface area contributed by atoms with E-state index in [1.165, 1.54) is 0 Å². The predicted octanol–water partition coefficient (Wildman–Crippen LogP) is 4.59. The second kappa shape index (κ2) is 10.2. The summed E-state index contributed by atoms with van der Waals surface area (Å²) in [5.74, 6) is 1.42. The topological polar surface area (TPSA) is 139 Å². The number of aryl methyl sites for hydroxylation is 3. The van der Waals surface area contributed by atoms with E-state index in [0.717, 1.165) is 41.8 Å². The first kappa shape index (κ1) is 25.9. The molecule has 0 saturated heterocycles. The summed E-state index contributed by atoms with van der Waals surface area (Å²) in [6.07, 6.45) is 4.53. The molecule has 10 nitrogen and oxygen atoms in total. The van der Waals surface area contributed by atoms with Gasteiger partial charge in [0.2, 0.25) is 0 Å². The Hall–Kier alpha value is -3.73. The summed E-state index contributed by atoms with van der Waals surface area (Å²) in [6, 6.07) is 7.06. The lowest BCUT2D eigenvalue weighted by molar-refractivity contribution is 0.667. The molecule has 1 aromatic carbocycles. The third-order valence-electron chi connectivity index (χ3n) is 6.84. The maximum Gasteiger partial charge on any atom is 0.294 e. The fourth-order valence-corrected chi connectivity index (χ4v) is 5.44. The number of aromatic nitrogens is 6. The molecule has 0 aliphatic heterocycles. The molecule has 0 bridgehead atoms. The van der Waals surface area contributed by atoms with Gasteiger partial charge in [-0.25, -0.2) is 33.9 Å². The molecule has 11 heteroatoms. The van der Waals surface area contributed by atoms with Crippen LogP contribution in [0.3, 0.4) is 0 Å². The second-order valence-corrected chi connectivity index (χ2v) is 12.1. The van der Waals surface area contributed by atoms with E-state index >= 15 is 0 Å². The van der Waals surface area contributed by atoms with Crippen LogP contribution in [0.25, 0.3) is 22.6 Å². The largest absolute Gasteiger partial charge is 0.361 e. The van der Waals surface area contributed by atoms with Gasteiger partial charge in [0.15, 0.2) is 17.3 Å². The van der Waals surface area contributed by atoms with Crippen molar-refractivity contribution >= 4 is 26.7 Å². The Kier molecular flexibility index (Phi) is 6.95. The Morgan fingerprint density at radius 2 is 1.79 bits per heavy atom. The van der Waals surface area contributed by atoms with Crippen molar-refractivity contribution in [3.8, 4) is 11.4 Å². The number of hydrogen-bond donors (Lipinski definition) is 2. The molecule has 0 amide bonds. The van der Waals surface area contributed by atoms with E-state index in [-0.39, 0.29) is 17.1 Å². The van der Waals surface area contributed by atoms with Crippen LogP contribution in [-0.4, -0.2) is 39.4 Å². The van der Waals surface area contributed by atoms with Gasteiger partial charge < -0.3 is 5.32 Å². The highest BCUT2D eigenvalue weighted by atomic mass is 32.2. The Labute approximate surface area is 222 Å². The molecule has 0 radical (unpaired) electrons. The van der Waals surface area contributed by atoms with Gasteiger partial charge in [-0.15, -0.1) is 0 Å². The molecule has 1 saturated carbocycles. The van der Waals surface area contributed by atoms with Crippen LogP contribution in [0.4, 0.5) is 5.82 Å². The van der Waals surface area contributed by atoms with Gasteiger partial charge in [0, 0.05) is 29.7 Å². The van der Waals surface area contributed by atoms with Gasteiger partial charge in [0.25, 0.3) is 5.56 Å². The summed E-state index contributed by atoms with van der Waals surface area (Å²) in [5.41, 5.74) is 5.03. The van der Waals surface area contributed by atoms with Crippen molar-refractivity contribution in [1.82, 2.24) is 29.5 Å². The number of nitrogens with zero attached hydrogens (tertiary/aromatic N) is 6. The smallest absolute Gasteiger partial charge is 0.294 e. The van der Waals surface area contributed by atoms with Gasteiger partial charge in [-0.1, -0.05) is 26.0 Å². The first-order valence-corrected chi connectivity index (χ1v) is 14.7. The molecule has 1 fully saturated rings. The molecular weight excluding hydrogens is 500 g/mol. The molecule has 5 rings (SSSR count). The summed E-state index contributed by atoms with van der Waals surface area (Å²) >= 11 is 0. The van der Waals surface area contributed by atoms with Crippen LogP contribution in [0.1, 0.15) is 61.7 Å². The van der Waals surface area contributed by atoms with Crippen LogP contribution < -0.4 is 10.9 Å². The zero-order valence-electron chi connectivity index (χ0n) is 22.1. The van der Waals surface area contributed by atoms with Crippen LogP contribution in [-0.2, 0) is 22.8 Å². The zero-order chi connectivity index (χ0) is 27.0. The maximum atomic E-state index is 13.5. The van der Waals surface area contributed by atoms with Crippen molar-refractivity contribution in [3.63, 3.8) is 0 Å². The van der Waals surface area contributed by atoms with Gasteiger partial charge in [0.05, 0.1) is 32.4 Å². The lowest BCUT2D eigenvalue weighted by Crippen LogP contribution is -2.26. The Morgan fingerprint density at radius 1 is 1.05 bits per heavy atom. The normalized spacial score (nSPS) is 14.9. The number of hydrogen-bond acceptors (Lipinski definition) is 9. The van der Waals surface area contributed by atoms with E-state index in [0.29, 0.717) is 46.6 Å². The van der Waals surface area contributed by atoms with Crippen LogP contribution in [0.2, 0.25) is 0 Å². The molecular formula is C27H32N8O2S. The molecule has 1 atom stereocenters. The molecule has 38 heavy (non-hydrogen) atoms. The van der Waals surface area contributed by atoms with Crippen LogP contribution in [0.5, 0.6) is 0 Å². The van der Waals surface area contributed by atoms with Crippen molar-refractivity contribution in [2.45, 2.75) is 70.9 Å². The molecule has 1 aliphatic rings. The molecule has 2 N–H and O–H groups in total. The predicted molar refractivity (Wildman–Crippen MR) is 148 cm³/mol. The third kappa shape index (κ3) is 4.90. The zero-order valence-corrected chi connectivity index (χ0v) is 22.9. The van der Waals surface area contributed by atoms with Gasteiger partial charge in [-0.3, -0.25) is 9.36 Å². The average Bonchev–Trinajstić information content (AvgIpc) is 3.75. The molecule has 0 spiro atoms. The minimum Gasteiger partial charge on any atom is -0.361 e. The summed E-state index contributed by atoms with van der Waals surface area (Å²) in [4.78, 5) is 37.3. The van der Waals surface area contributed by atoms with Crippen molar-refractivity contribution in [2.75, 3.05) is 11.1 Å². The number of benzene rings is 1. The van der Waals surface area contributed by atoms with Crippen LogP contribution >= 0.6 is 0 Å². The van der Waals surface area contributed by atoms with Crippen molar-refractivity contribution in [1.29, 1.82) is 4.78 Å². The molecule has 1 aliphatic carbocycles. The quantitative estimate of drug-likeness (QED) is 0.319. The van der Waals surface area contributed by atoms with Crippen LogP contribution in [0.15, 0.2) is 40.3 Å². The van der Waals surface area contributed by atoms with Crippen LogP contribution in [0, 0.1) is 18.6 Å². The SMILES string of the molecule is CCCn1c(=O)c(NCc2ccc(S(=N)(=O)CC)cc2)nc2c(C)nc(-c3c(C)ncnc3C3CC3)nc21. The summed E-state index contributed by atoms with van der Waals surface area (Å²) in [5, 5.41) is 3.17. The highest BCUT2D eigenvalue weighted by Gasteiger charge is 2.30. The summed E-state index contributed by atoms with van der Waals surface area (Å²) in [6.45, 7) is 8.43. The van der Waals surface area contributed by atoms with Crippen molar-refractivity contribution in [2.24, 2.45) is 0 Å². The average molecular weight is 533 g/mol. The Bertz CT molecular complexity index is 1680. The Morgan fingerprint density at radius 3 is 2.45 bits per heavy atom. The molecule has 4 aromatic rings. The Balaban J connectivity index is 1.54. The first-order valence-electron chi connectivity index (χ1n) is 12.9. The monoisotopic (exact) mass is 532 g/mol. The van der Waals surface area contributed by atoms with Crippen molar-refractivity contribution in [3.05, 3.63) is 63.6 Å². The summed E-state index contributed by atoms with van der Waals surface area (Å²) < 4.78 is 21.9. The van der Waals surface area contributed by atoms with E-state index in [1.54, 1.807) is 30.0 Å². The van der Waals surface area contributed by atoms with Gasteiger partial charge in [0.1, 0.15) is 11.8 Å². The lowest BCUT2D eigenvalue weighted by Gasteiger charge is -2.15. The fraction of sp³-hybridized carbons (Fsp3) is 0.407. The third-order valence-corrected chi connectivity index (χ3v) is 8.69. The van der Waals surface area contributed by atoms with Gasteiger partial charge >= 0.3 is 0 Å². The first-order chi connectivity index (χ1) is 18.2. The highest BCUT2D eigenvalue weighted by Crippen LogP contribution is 2.43. The van der Waals surface area contributed by atoms with Gasteiger partial charge in [-0.2, -0.15) is 0 Å². The van der Waals surface area contributed by atoms with E-state index < -0.39 is 9.73 Å². The maximum absolute atomic E-state index is 13.5. The molecule has 198 valence electrons. The van der Waals surface area contributed by atoms with Gasteiger partial charge in [-0.05, 0) is 50.8 Å². The minimum absolute atomic E-state index is 0.227. The lowest BCUT2D eigenvalue weighted by atomic mass is 10.1. The fourth-order valence-electron chi connectivity index (χ4n) is 4.53. The molecule has 3 aromatic heterocycles. The number of rotatable bonds is 9. The molecule has 3 heterocycles. The number of fused-ring (bicyclic) bond motifs is 1. The van der Waals surface area contributed by atoms with E-state index in [9.17, 15) is 9.00 Å². The van der Waals surface area contributed by atoms with E-state index in [2.05, 4.69) is 20.3 Å². The van der Waals surface area contributed by atoms with E-state index in [1.807, 2.05) is 32.9 Å². The summed E-state index contributed by atoms with van der Waals surface area (Å²) in [7, 11) is -2.77. The molecule has 1 unspecified atom stereocenters. The van der Waals surface area contributed by atoms with Crippen molar-refractivity contribution < 1.29 is 4.21 Å².